The molecule has 0 saturated heterocycles. The van der Waals surface area contributed by atoms with Gasteiger partial charge in [-0.15, -0.1) is 0 Å². The minimum absolute atomic E-state index is 0.0334. The molecular formula is C21H17ClF2N4O5S. The van der Waals surface area contributed by atoms with Crippen LogP contribution < -0.4 is 14.9 Å². The van der Waals surface area contributed by atoms with Gasteiger partial charge in [-0.25, -0.2) is 8.42 Å². The van der Waals surface area contributed by atoms with E-state index in [0.29, 0.717) is 11.3 Å². The number of non-ortho nitro benzene ring substituents is 1. The molecule has 0 amide bonds. The van der Waals surface area contributed by atoms with Crippen LogP contribution in [-0.2, 0) is 10.0 Å². The SMILES string of the molecule is C/C(=N/Nc1ccc([N+](=O)[O-])cc1S(=O)(=O)Nc1ccccc1Cl)c1ccc(OC(F)F)cc1. The summed E-state index contributed by atoms with van der Waals surface area (Å²) < 4.78 is 57.3. The maximum atomic E-state index is 13.0. The Balaban J connectivity index is 1.92. The molecule has 0 atom stereocenters. The molecule has 3 aromatic carbocycles. The van der Waals surface area contributed by atoms with Crippen molar-refractivity contribution in [2.24, 2.45) is 5.10 Å². The third-order valence-electron chi connectivity index (χ3n) is 4.43. The molecule has 13 heteroatoms. The normalized spacial score (nSPS) is 11.9. The van der Waals surface area contributed by atoms with Crippen molar-refractivity contribution in [3.63, 3.8) is 0 Å². The second-order valence-electron chi connectivity index (χ2n) is 6.73. The second-order valence-corrected chi connectivity index (χ2v) is 8.79. The number of hydrazone groups is 1. The zero-order valence-corrected chi connectivity index (χ0v) is 19.0. The largest absolute Gasteiger partial charge is 0.435 e. The Hall–Kier alpha value is -3.77. The van der Waals surface area contributed by atoms with Crippen LogP contribution in [0, 0.1) is 10.1 Å². The van der Waals surface area contributed by atoms with E-state index in [1.807, 2.05) is 0 Å². The Morgan fingerprint density at radius 2 is 1.76 bits per heavy atom. The number of benzene rings is 3. The smallest absolute Gasteiger partial charge is 0.387 e. The first kappa shape index (κ1) is 24.9. The Bertz CT molecular complexity index is 1340. The average Bonchev–Trinajstić information content (AvgIpc) is 2.78. The zero-order chi connectivity index (χ0) is 24.9. The number of hydrogen-bond acceptors (Lipinski definition) is 7. The molecule has 3 rings (SSSR count). The third kappa shape index (κ3) is 6.17. The van der Waals surface area contributed by atoms with E-state index >= 15 is 0 Å². The van der Waals surface area contributed by atoms with Crippen LogP contribution in [0.1, 0.15) is 12.5 Å². The van der Waals surface area contributed by atoms with Crippen LogP contribution in [0.2, 0.25) is 5.02 Å². The molecule has 9 nitrogen and oxygen atoms in total. The van der Waals surface area contributed by atoms with E-state index in [0.717, 1.165) is 12.1 Å². The molecule has 0 aromatic heterocycles. The number of alkyl halides is 2. The minimum Gasteiger partial charge on any atom is -0.435 e. The number of nitro groups is 1. The van der Waals surface area contributed by atoms with Crippen molar-refractivity contribution in [2.45, 2.75) is 18.4 Å². The number of nitrogens with one attached hydrogen (secondary N) is 2. The molecule has 3 aromatic rings. The molecule has 0 aliphatic heterocycles. The lowest BCUT2D eigenvalue weighted by atomic mass is 10.1. The lowest BCUT2D eigenvalue weighted by Gasteiger charge is -2.13. The van der Waals surface area contributed by atoms with E-state index in [1.54, 1.807) is 19.1 Å². The molecular weight excluding hydrogens is 494 g/mol. The molecule has 0 bridgehead atoms. The van der Waals surface area contributed by atoms with E-state index in [4.69, 9.17) is 11.6 Å². The number of hydrogen-bond donors (Lipinski definition) is 2. The Morgan fingerprint density at radius 1 is 1.09 bits per heavy atom. The van der Waals surface area contributed by atoms with E-state index in [1.165, 1.54) is 42.5 Å². The molecule has 34 heavy (non-hydrogen) atoms. The van der Waals surface area contributed by atoms with E-state index in [2.05, 4.69) is 20.0 Å². The topological polar surface area (TPSA) is 123 Å². The zero-order valence-electron chi connectivity index (χ0n) is 17.4. The quantitative estimate of drug-likeness (QED) is 0.223. The summed E-state index contributed by atoms with van der Waals surface area (Å²) in [5.41, 5.74) is 3.12. The van der Waals surface area contributed by atoms with Crippen molar-refractivity contribution >= 4 is 44.4 Å². The highest BCUT2D eigenvalue weighted by Crippen LogP contribution is 2.30. The molecule has 0 heterocycles. The second kappa shape index (κ2) is 10.4. The number of sulfonamides is 1. The monoisotopic (exact) mass is 510 g/mol. The van der Waals surface area contributed by atoms with Gasteiger partial charge in [0.25, 0.3) is 15.7 Å². The predicted octanol–water partition coefficient (Wildman–Crippen LogP) is 5.49. The van der Waals surface area contributed by atoms with Gasteiger partial charge in [0.05, 0.1) is 27.0 Å². The Labute approximate surface area is 198 Å². The van der Waals surface area contributed by atoms with Gasteiger partial charge in [0.2, 0.25) is 0 Å². The summed E-state index contributed by atoms with van der Waals surface area (Å²) in [6.45, 7) is -1.36. The van der Waals surface area contributed by atoms with E-state index in [9.17, 15) is 27.3 Å². The first-order valence-corrected chi connectivity index (χ1v) is 11.3. The van der Waals surface area contributed by atoms with Gasteiger partial charge in [-0.3, -0.25) is 20.3 Å². The molecule has 0 spiro atoms. The summed E-state index contributed by atoms with van der Waals surface area (Å²) in [4.78, 5) is 10.1. The summed E-state index contributed by atoms with van der Waals surface area (Å²) in [6.07, 6.45) is 0. The highest BCUT2D eigenvalue weighted by atomic mass is 35.5. The van der Waals surface area contributed by atoms with Crippen LogP contribution in [0.15, 0.2) is 76.7 Å². The summed E-state index contributed by atoms with van der Waals surface area (Å²) in [5, 5.41) is 15.5. The number of anilines is 2. The van der Waals surface area contributed by atoms with Gasteiger partial charge in [-0.2, -0.15) is 13.9 Å². The average molecular weight is 511 g/mol. The number of nitrogens with zero attached hydrogens (tertiary/aromatic N) is 2. The van der Waals surface area contributed by atoms with Gasteiger partial charge >= 0.3 is 6.61 Å². The highest BCUT2D eigenvalue weighted by Gasteiger charge is 2.23. The molecule has 0 unspecified atom stereocenters. The van der Waals surface area contributed by atoms with Crippen LogP contribution in [0.25, 0.3) is 0 Å². The van der Waals surface area contributed by atoms with Gasteiger partial charge in [0.15, 0.2) is 0 Å². The fraction of sp³-hybridized carbons (Fsp3) is 0.0952. The molecule has 0 fully saturated rings. The van der Waals surface area contributed by atoms with E-state index in [-0.39, 0.29) is 22.1 Å². The Kier molecular flexibility index (Phi) is 7.64. The van der Waals surface area contributed by atoms with Crippen LogP contribution in [-0.4, -0.2) is 25.7 Å². The fourth-order valence-corrected chi connectivity index (χ4v) is 4.26. The number of para-hydroxylation sites is 1. The number of ether oxygens (including phenoxy) is 1. The van der Waals surface area contributed by atoms with Crippen molar-refractivity contribution < 1.29 is 26.9 Å². The lowest BCUT2D eigenvalue weighted by Crippen LogP contribution is -2.15. The first-order chi connectivity index (χ1) is 16.1. The maximum Gasteiger partial charge on any atom is 0.387 e. The van der Waals surface area contributed by atoms with Crippen LogP contribution >= 0.6 is 11.6 Å². The Morgan fingerprint density at radius 3 is 2.38 bits per heavy atom. The van der Waals surface area contributed by atoms with Gasteiger partial charge in [-0.1, -0.05) is 23.7 Å². The van der Waals surface area contributed by atoms with Gasteiger partial charge in [0.1, 0.15) is 10.6 Å². The van der Waals surface area contributed by atoms with Crippen molar-refractivity contribution in [1.29, 1.82) is 0 Å². The standard InChI is InChI=1S/C21H17ClF2N4O5S/c1-13(14-6-9-16(10-7-14)33-21(23)24)25-26-19-11-8-15(28(29)30)12-20(19)34(31,32)27-18-5-3-2-4-17(18)22/h2-12,21,26-27H,1H3/b25-13-. The summed E-state index contributed by atoms with van der Waals surface area (Å²) in [7, 11) is -4.31. The molecule has 0 aliphatic carbocycles. The summed E-state index contributed by atoms with van der Waals surface area (Å²) in [5.74, 6) is -0.0334. The van der Waals surface area contributed by atoms with Crippen molar-refractivity contribution in [3.05, 3.63) is 87.4 Å². The summed E-state index contributed by atoms with van der Waals surface area (Å²) in [6, 6.07) is 15.0. The number of nitro benzene ring substituents is 1. The minimum atomic E-state index is -4.31. The number of halogens is 3. The fourth-order valence-electron chi connectivity index (χ4n) is 2.77. The van der Waals surface area contributed by atoms with Crippen molar-refractivity contribution in [2.75, 3.05) is 10.1 Å². The van der Waals surface area contributed by atoms with Gasteiger partial charge in [0, 0.05) is 12.1 Å². The third-order valence-corrected chi connectivity index (χ3v) is 6.16. The van der Waals surface area contributed by atoms with Gasteiger partial charge < -0.3 is 4.74 Å². The summed E-state index contributed by atoms with van der Waals surface area (Å²) >= 11 is 6.03. The highest BCUT2D eigenvalue weighted by molar-refractivity contribution is 7.93. The van der Waals surface area contributed by atoms with Crippen LogP contribution in [0.5, 0.6) is 5.75 Å². The van der Waals surface area contributed by atoms with Crippen LogP contribution in [0.3, 0.4) is 0 Å². The molecule has 0 radical (unpaired) electrons. The van der Waals surface area contributed by atoms with Crippen molar-refractivity contribution in [1.82, 2.24) is 0 Å². The molecule has 0 saturated carbocycles. The maximum absolute atomic E-state index is 13.0. The molecule has 178 valence electrons. The predicted molar refractivity (Wildman–Crippen MR) is 124 cm³/mol. The molecule has 0 aliphatic rings. The van der Waals surface area contributed by atoms with Crippen molar-refractivity contribution in [3.8, 4) is 5.75 Å². The van der Waals surface area contributed by atoms with Crippen LogP contribution in [0.4, 0.5) is 25.8 Å². The number of rotatable bonds is 9. The van der Waals surface area contributed by atoms with Gasteiger partial charge in [-0.05, 0) is 55.0 Å². The molecule has 2 N–H and O–H groups in total. The lowest BCUT2D eigenvalue weighted by molar-refractivity contribution is -0.385. The van der Waals surface area contributed by atoms with E-state index < -0.39 is 32.1 Å². The first-order valence-electron chi connectivity index (χ1n) is 9.48.